The Morgan fingerprint density at radius 2 is 2.39 bits per heavy atom. The number of hydrogen-bond donors (Lipinski definition) is 1. The molecular weight excluding hydrogens is 232 g/mol. The summed E-state index contributed by atoms with van der Waals surface area (Å²) in [5.74, 6) is -0.0722. The van der Waals surface area contributed by atoms with Crippen LogP contribution in [0.3, 0.4) is 0 Å². The maximum Gasteiger partial charge on any atom is 0.225 e. The van der Waals surface area contributed by atoms with E-state index in [-0.39, 0.29) is 23.8 Å². The first-order valence-electron chi connectivity index (χ1n) is 6.87. The van der Waals surface area contributed by atoms with Crippen LogP contribution < -0.4 is 5.32 Å². The van der Waals surface area contributed by atoms with E-state index in [2.05, 4.69) is 5.32 Å². The molecule has 2 amide bonds. The third kappa shape index (κ3) is 3.22. The predicted octanol–water partition coefficient (Wildman–Crippen LogP) is 0.540. The van der Waals surface area contributed by atoms with Crippen LogP contribution in [-0.2, 0) is 14.3 Å². The van der Waals surface area contributed by atoms with Gasteiger partial charge in [-0.25, -0.2) is 0 Å². The van der Waals surface area contributed by atoms with Crippen LogP contribution in [-0.4, -0.2) is 49.1 Å². The lowest BCUT2D eigenvalue weighted by Gasteiger charge is -2.16. The van der Waals surface area contributed by atoms with Gasteiger partial charge >= 0.3 is 0 Å². The number of ether oxygens (including phenoxy) is 1. The quantitative estimate of drug-likeness (QED) is 0.779. The van der Waals surface area contributed by atoms with Gasteiger partial charge in [0, 0.05) is 32.7 Å². The van der Waals surface area contributed by atoms with Crippen molar-refractivity contribution in [1.82, 2.24) is 10.2 Å². The van der Waals surface area contributed by atoms with Crippen LogP contribution in [0.2, 0.25) is 0 Å². The molecule has 0 radical (unpaired) electrons. The largest absolute Gasteiger partial charge is 0.376 e. The minimum atomic E-state index is -0.176. The van der Waals surface area contributed by atoms with Crippen molar-refractivity contribution in [3.05, 3.63) is 0 Å². The third-order valence-electron chi connectivity index (χ3n) is 3.61. The van der Waals surface area contributed by atoms with Crippen molar-refractivity contribution >= 4 is 11.8 Å². The summed E-state index contributed by atoms with van der Waals surface area (Å²) in [6.45, 7) is 4.75. The van der Waals surface area contributed by atoms with Crippen molar-refractivity contribution in [1.29, 1.82) is 0 Å². The van der Waals surface area contributed by atoms with Crippen LogP contribution in [0.4, 0.5) is 0 Å². The summed E-state index contributed by atoms with van der Waals surface area (Å²) in [4.78, 5) is 25.4. The molecule has 0 spiro atoms. The highest BCUT2D eigenvalue weighted by molar-refractivity contribution is 5.89. The molecule has 1 N–H and O–H groups in total. The molecule has 2 aliphatic rings. The molecule has 18 heavy (non-hydrogen) atoms. The third-order valence-corrected chi connectivity index (χ3v) is 3.61. The Bertz CT molecular complexity index is 313. The first-order chi connectivity index (χ1) is 8.70. The zero-order valence-electron chi connectivity index (χ0n) is 11.0. The van der Waals surface area contributed by atoms with Gasteiger partial charge in [-0.15, -0.1) is 0 Å². The Morgan fingerprint density at radius 3 is 3.06 bits per heavy atom. The monoisotopic (exact) mass is 254 g/mol. The Morgan fingerprint density at radius 1 is 1.56 bits per heavy atom. The van der Waals surface area contributed by atoms with Gasteiger partial charge in [0.1, 0.15) is 0 Å². The first kappa shape index (κ1) is 13.3. The summed E-state index contributed by atoms with van der Waals surface area (Å²) < 4.78 is 5.45. The van der Waals surface area contributed by atoms with Gasteiger partial charge < -0.3 is 15.0 Å². The van der Waals surface area contributed by atoms with E-state index >= 15 is 0 Å². The van der Waals surface area contributed by atoms with Gasteiger partial charge in [-0.3, -0.25) is 9.59 Å². The highest BCUT2D eigenvalue weighted by Crippen LogP contribution is 2.18. The second-order valence-electron chi connectivity index (χ2n) is 5.12. The first-order valence-corrected chi connectivity index (χ1v) is 6.87. The molecule has 2 fully saturated rings. The van der Waals surface area contributed by atoms with E-state index in [4.69, 9.17) is 4.74 Å². The zero-order valence-corrected chi connectivity index (χ0v) is 11.0. The van der Waals surface area contributed by atoms with E-state index in [9.17, 15) is 9.59 Å². The number of nitrogens with zero attached hydrogens (tertiary/aromatic N) is 1. The number of rotatable bonds is 5. The molecule has 0 saturated carbocycles. The SMILES string of the molecule is CCCN1C[C@@H](C(=O)NC[C@H]2CCCO2)CC1=O. The van der Waals surface area contributed by atoms with Gasteiger partial charge in [-0.05, 0) is 19.3 Å². The van der Waals surface area contributed by atoms with Crippen LogP contribution in [0.1, 0.15) is 32.6 Å². The molecule has 0 unspecified atom stereocenters. The molecule has 2 rings (SSSR count). The Hall–Kier alpha value is -1.10. The fraction of sp³-hybridized carbons (Fsp3) is 0.846. The lowest BCUT2D eigenvalue weighted by Crippen LogP contribution is -2.37. The van der Waals surface area contributed by atoms with E-state index in [0.29, 0.717) is 19.5 Å². The van der Waals surface area contributed by atoms with Crippen molar-refractivity contribution in [2.24, 2.45) is 5.92 Å². The molecule has 0 bridgehead atoms. The molecule has 0 aliphatic carbocycles. The number of nitrogens with one attached hydrogen (secondary N) is 1. The van der Waals surface area contributed by atoms with E-state index < -0.39 is 0 Å². The molecule has 0 aromatic rings. The summed E-state index contributed by atoms with van der Waals surface area (Å²) in [7, 11) is 0. The molecule has 2 aliphatic heterocycles. The smallest absolute Gasteiger partial charge is 0.225 e. The number of amides is 2. The predicted molar refractivity (Wildman–Crippen MR) is 67.0 cm³/mol. The topological polar surface area (TPSA) is 58.6 Å². The minimum Gasteiger partial charge on any atom is -0.376 e. The molecule has 5 nitrogen and oxygen atoms in total. The molecule has 0 aromatic heterocycles. The minimum absolute atomic E-state index is 0.00236. The molecule has 5 heteroatoms. The van der Waals surface area contributed by atoms with Crippen LogP contribution in [0.5, 0.6) is 0 Å². The second-order valence-corrected chi connectivity index (χ2v) is 5.12. The van der Waals surface area contributed by atoms with Crippen LogP contribution in [0.25, 0.3) is 0 Å². The van der Waals surface area contributed by atoms with E-state index in [0.717, 1.165) is 32.4 Å². The van der Waals surface area contributed by atoms with E-state index in [1.54, 1.807) is 4.90 Å². The van der Waals surface area contributed by atoms with E-state index in [1.807, 2.05) is 6.92 Å². The van der Waals surface area contributed by atoms with Gasteiger partial charge in [0.25, 0.3) is 0 Å². The number of hydrogen-bond acceptors (Lipinski definition) is 3. The van der Waals surface area contributed by atoms with Crippen molar-refractivity contribution in [3.8, 4) is 0 Å². The average Bonchev–Trinajstić information content (AvgIpc) is 2.97. The maximum atomic E-state index is 12.0. The number of likely N-dealkylation sites (tertiary alicyclic amines) is 1. The Balaban J connectivity index is 1.74. The fourth-order valence-corrected chi connectivity index (χ4v) is 2.60. The summed E-state index contributed by atoms with van der Waals surface area (Å²) >= 11 is 0. The molecule has 2 saturated heterocycles. The number of carbonyl (C=O) groups excluding carboxylic acids is 2. The lowest BCUT2D eigenvalue weighted by molar-refractivity contribution is -0.129. The molecule has 102 valence electrons. The molecule has 2 heterocycles. The van der Waals surface area contributed by atoms with Crippen molar-refractivity contribution < 1.29 is 14.3 Å². The van der Waals surface area contributed by atoms with E-state index in [1.165, 1.54) is 0 Å². The molecular formula is C13H22N2O3. The van der Waals surface area contributed by atoms with Gasteiger partial charge in [0.2, 0.25) is 11.8 Å². The van der Waals surface area contributed by atoms with Crippen molar-refractivity contribution in [2.45, 2.75) is 38.7 Å². The average molecular weight is 254 g/mol. The summed E-state index contributed by atoms with van der Waals surface area (Å²) in [6.07, 6.45) is 3.56. The lowest BCUT2D eigenvalue weighted by atomic mass is 10.1. The zero-order chi connectivity index (χ0) is 13.0. The van der Waals surface area contributed by atoms with Crippen molar-refractivity contribution in [2.75, 3.05) is 26.2 Å². The van der Waals surface area contributed by atoms with Gasteiger partial charge in [-0.2, -0.15) is 0 Å². The Kier molecular flexibility index (Phi) is 4.58. The second kappa shape index (κ2) is 6.18. The maximum absolute atomic E-state index is 12.0. The Labute approximate surface area is 108 Å². The summed E-state index contributed by atoms with van der Waals surface area (Å²) in [5, 5.41) is 2.91. The fourth-order valence-electron chi connectivity index (χ4n) is 2.60. The normalized spacial score (nSPS) is 27.8. The summed E-state index contributed by atoms with van der Waals surface area (Å²) in [5.41, 5.74) is 0. The highest BCUT2D eigenvalue weighted by Gasteiger charge is 2.33. The van der Waals surface area contributed by atoms with Gasteiger partial charge in [-0.1, -0.05) is 6.92 Å². The van der Waals surface area contributed by atoms with Crippen LogP contribution in [0.15, 0.2) is 0 Å². The summed E-state index contributed by atoms with van der Waals surface area (Å²) in [6, 6.07) is 0. The van der Waals surface area contributed by atoms with Crippen LogP contribution >= 0.6 is 0 Å². The van der Waals surface area contributed by atoms with Gasteiger partial charge in [0.15, 0.2) is 0 Å². The van der Waals surface area contributed by atoms with Crippen LogP contribution in [0, 0.1) is 5.92 Å². The molecule has 0 aromatic carbocycles. The van der Waals surface area contributed by atoms with Gasteiger partial charge in [0.05, 0.1) is 12.0 Å². The molecule has 2 atom stereocenters. The highest BCUT2D eigenvalue weighted by atomic mass is 16.5. The standard InChI is InChI=1S/C13H22N2O3/c1-2-5-15-9-10(7-12(15)16)13(17)14-8-11-4-3-6-18-11/h10-11H,2-9H2,1H3,(H,14,17)/t10-,11+/m0/s1. The number of carbonyl (C=O) groups is 2. The van der Waals surface area contributed by atoms with Crippen molar-refractivity contribution in [3.63, 3.8) is 0 Å².